The van der Waals surface area contributed by atoms with Gasteiger partial charge < -0.3 is 16.2 Å². The van der Waals surface area contributed by atoms with Crippen molar-refractivity contribution in [2.45, 2.75) is 18.7 Å². The Morgan fingerprint density at radius 3 is 2.39 bits per heavy atom. The number of carbonyl (C=O) groups excluding carboxylic acids is 1. The van der Waals surface area contributed by atoms with Gasteiger partial charge in [0.05, 0.1) is 13.0 Å². The second kappa shape index (κ2) is 5.72. The lowest BCUT2D eigenvalue weighted by Crippen LogP contribution is -2.41. The molecular formula is C11H13F3N2O2. The highest BCUT2D eigenvalue weighted by Crippen LogP contribution is 2.19. The molecule has 0 aliphatic heterocycles. The van der Waals surface area contributed by atoms with E-state index in [9.17, 15) is 18.0 Å². The Morgan fingerprint density at radius 1 is 1.33 bits per heavy atom. The van der Waals surface area contributed by atoms with Crippen molar-refractivity contribution in [2.24, 2.45) is 0 Å². The Morgan fingerprint density at radius 2 is 1.89 bits per heavy atom. The number of nitrogens with one attached hydrogen (secondary N) is 1. The Bertz CT molecular complexity index is 404. The molecule has 0 aliphatic rings. The van der Waals surface area contributed by atoms with Crippen LogP contribution in [0.5, 0.6) is 0 Å². The fourth-order valence-electron chi connectivity index (χ4n) is 1.21. The minimum atomic E-state index is -4.73. The van der Waals surface area contributed by atoms with E-state index in [1.165, 1.54) is 0 Å². The number of halogens is 3. The predicted octanol–water partition coefficient (Wildman–Crippen LogP) is 0.851. The molecule has 0 aliphatic carbocycles. The van der Waals surface area contributed by atoms with Gasteiger partial charge in [0, 0.05) is 5.69 Å². The molecule has 0 heterocycles. The first-order valence-electron chi connectivity index (χ1n) is 5.15. The lowest BCUT2D eigenvalue weighted by atomic mass is 10.1. The van der Waals surface area contributed by atoms with Crippen LogP contribution in [0.4, 0.5) is 18.9 Å². The number of aliphatic hydroxyl groups excluding tert-OH is 1. The number of carbonyl (C=O) groups is 1. The molecule has 1 aromatic carbocycles. The van der Waals surface area contributed by atoms with Gasteiger partial charge in [-0.15, -0.1) is 0 Å². The molecule has 100 valence electrons. The maximum atomic E-state index is 12.0. The number of hydrogen-bond donors (Lipinski definition) is 3. The maximum absolute atomic E-state index is 12.0. The lowest BCUT2D eigenvalue weighted by Gasteiger charge is -2.14. The highest BCUT2D eigenvalue weighted by molar-refractivity contribution is 5.78. The molecule has 4 nitrogen and oxygen atoms in total. The van der Waals surface area contributed by atoms with E-state index >= 15 is 0 Å². The second-order valence-electron chi connectivity index (χ2n) is 3.78. The summed E-state index contributed by atoms with van der Waals surface area (Å²) in [5.74, 6) is -0.594. The third-order valence-corrected chi connectivity index (χ3v) is 2.21. The van der Waals surface area contributed by atoms with E-state index in [-0.39, 0.29) is 6.42 Å². The Balaban J connectivity index is 2.41. The van der Waals surface area contributed by atoms with E-state index in [2.05, 4.69) is 0 Å². The van der Waals surface area contributed by atoms with E-state index in [1.54, 1.807) is 24.3 Å². The zero-order valence-electron chi connectivity index (χ0n) is 9.37. The summed E-state index contributed by atoms with van der Waals surface area (Å²) in [5, 5.41) is 10.7. The van der Waals surface area contributed by atoms with E-state index in [0.717, 1.165) is 0 Å². The van der Waals surface area contributed by atoms with Crippen molar-refractivity contribution in [2.75, 3.05) is 12.3 Å². The zero-order valence-corrected chi connectivity index (χ0v) is 9.37. The van der Waals surface area contributed by atoms with Crippen molar-refractivity contribution in [3.8, 4) is 0 Å². The molecule has 18 heavy (non-hydrogen) atoms. The number of alkyl halides is 3. The maximum Gasteiger partial charge on any atom is 0.416 e. The van der Waals surface area contributed by atoms with Crippen molar-refractivity contribution in [3.63, 3.8) is 0 Å². The second-order valence-corrected chi connectivity index (χ2v) is 3.78. The van der Waals surface area contributed by atoms with Crippen LogP contribution < -0.4 is 11.1 Å². The van der Waals surface area contributed by atoms with Gasteiger partial charge in [0.2, 0.25) is 5.91 Å². The summed E-state index contributed by atoms with van der Waals surface area (Å²) < 4.78 is 35.9. The third-order valence-electron chi connectivity index (χ3n) is 2.21. The predicted molar refractivity (Wildman–Crippen MR) is 59.6 cm³/mol. The van der Waals surface area contributed by atoms with Crippen LogP contribution in [0.2, 0.25) is 0 Å². The van der Waals surface area contributed by atoms with Crippen molar-refractivity contribution in [1.29, 1.82) is 0 Å². The summed E-state index contributed by atoms with van der Waals surface area (Å²) in [7, 11) is 0. The van der Waals surface area contributed by atoms with Crippen molar-refractivity contribution in [1.82, 2.24) is 5.32 Å². The number of nitrogens with two attached hydrogens (primary N) is 1. The molecule has 1 rings (SSSR count). The average molecular weight is 262 g/mol. The fourth-order valence-corrected chi connectivity index (χ4v) is 1.21. The Kier molecular flexibility index (Phi) is 4.55. The molecule has 0 spiro atoms. The summed E-state index contributed by atoms with van der Waals surface area (Å²) in [4.78, 5) is 11.3. The van der Waals surface area contributed by atoms with Gasteiger partial charge in [-0.3, -0.25) is 4.79 Å². The molecule has 0 aromatic heterocycles. The van der Waals surface area contributed by atoms with Gasteiger partial charge in [0.15, 0.2) is 6.10 Å². The van der Waals surface area contributed by atoms with Crippen LogP contribution in [0, 0.1) is 0 Å². The van der Waals surface area contributed by atoms with Crippen LogP contribution in [0.1, 0.15) is 5.56 Å². The van der Waals surface area contributed by atoms with E-state index in [4.69, 9.17) is 10.8 Å². The number of nitrogen functional groups attached to an aromatic ring is 1. The monoisotopic (exact) mass is 262 g/mol. The average Bonchev–Trinajstić information content (AvgIpc) is 2.28. The molecule has 0 fully saturated rings. The number of rotatable bonds is 4. The minimum absolute atomic E-state index is 0.0646. The molecule has 4 N–H and O–H groups in total. The van der Waals surface area contributed by atoms with Gasteiger partial charge in [0.1, 0.15) is 0 Å². The van der Waals surface area contributed by atoms with Gasteiger partial charge >= 0.3 is 6.18 Å². The third kappa shape index (κ3) is 4.62. The van der Waals surface area contributed by atoms with E-state index in [0.29, 0.717) is 11.3 Å². The molecule has 0 saturated heterocycles. The summed E-state index contributed by atoms with van der Waals surface area (Å²) in [6.45, 7) is -0.850. The number of benzene rings is 1. The Hall–Kier alpha value is -1.76. The van der Waals surface area contributed by atoms with Gasteiger partial charge in [-0.25, -0.2) is 0 Å². The molecule has 0 saturated carbocycles. The molecule has 1 atom stereocenters. The fraction of sp³-hybridized carbons (Fsp3) is 0.364. The number of amides is 1. The normalized spacial score (nSPS) is 13.1. The number of aliphatic hydroxyl groups is 1. The summed E-state index contributed by atoms with van der Waals surface area (Å²) >= 11 is 0. The highest BCUT2D eigenvalue weighted by Gasteiger charge is 2.38. The van der Waals surface area contributed by atoms with Crippen molar-refractivity contribution < 1.29 is 23.1 Å². The topological polar surface area (TPSA) is 75.4 Å². The minimum Gasteiger partial charge on any atom is -0.399 e. The highest BCUT2D eigenvalue weighted by atomic mass is 19.4. The largest absolute Gasteiger partial charge is 0.416 e. The van der Waals surface area contributed by atoms with Crippen LogP contribution in [0.15, 0.2) is 24.3 Å². The standard InChI is InChI=1S/C11H13F3N2O2/c12-11(13,14)9(17)6-16-10(18)5-7-1-3-8(15)4-2-7/h1-4,9,17H,5-6,15H2,(H,16,18). The summed E-state index contributed by atoms with van der Waals surface area (Å²) in [6.07, 6.45) is -7.34. The molecule has 0 bridgehead atoms. The van der Waals surface area contributed by atoms with Gasteiger partial charge in [-0.2, -0.15) is 13.2 Å². The SMILES string of the molecule is Nc1ccc(CC(=O)NCC(O)C(F)(F)F)cc1. The van der Waals surface area contributed by atoms with Crippen molar-refractivity contribution >= 4 is 11.6 Å². The van der Waals surface area contributed by atoms with E-state index < -0.39 is 24.7 Å². The molecule has 1 amide bonds. The van der Waals surface area contributed by atoms with Gasteiger partial charge in [-0.1, -0.05) is 12.1 Å². The first kappa shape index (κ1) is 14.3. The quantitative estimate of drug-likeness (QED) is 0.704. The summed E-state index contributed by atoms with van der Waals surface area (Å²) in [6, 6.07) is 6.39. The van der Waals surface area contributed by atoms with E-state index in [1.807, 2.05) is 5.32 Å². The molecule has 1 aromatic rings. The first-order chi connectivity index (χ1) is 8.29. The first-order valence-corrected chi connectivity index (χ1v) is 5.15. The van der Waals surface area contributed by atoms with Crippen LogP contribution >= 0.6 is 0 Å². The zero-order chi connectivity index (χ0) is 13.8. The number of hydrogen-bond acceptors (Lipinski definition) is 3. The Labute approximate surface area is 102 Å². The van der Waals surface area contributed by atoms with Crippen molar-refractivity contribution in [3.05, 3.63) is 29.8 Å². The number of anilines is 1. The molecule has 7 heteroatoms. The molecular weight excluding hydrogens is 249 g/mol. The van der Waals surface area contributed by atoms with Crippen LogP contribution in [0.25, 0.3) is 0 Å². The molecule has 0 radical (unpaired) electrons. The summed E-state index contributed by atoms with van der Waals surface area (Å²) in [5.41, 5.74) is 6.61. The van der Waals surface area contributed by atoms with Crippen LogP contribution in [-0.4, -0.2) is 29.8 Å². The van der Waals surface area contributed by atoms with Crippen LogP contribution in [0.3, 0.4) is 0 Å². The van der Waals surface area contributed by atoms with Gasteiger partial charge in [0.25, 0.3) is 0 Å². The van der Waals surface area contributed by atoms with Crippen LogP contribution in [-0.2, 0) is 11.2 Å². The smallest absolute Gasteiger partial charge is 0.399 e. The molecule has 1 unspecified atom stereocenters. The van der Waals surface area contributed by atoms with Gasteiger partial charge in [-0.05, 0) is 17.7 Å². The lowest BCUT2D eigenvalue weighted by molar-refractivity contribution is -0.201.